The van der Waals surface area contributed by atoms with Crippen molar-refractivity contribution < 1.29 is 4.42 Å². The van der Waals surface area contributed by atoms with Crippen molar-refractivity contribution in [3.05, 3.63) is 40.9 Å². The summed E-state index contributed by atoms with van der Waals surface area (Å²) >= 11 is 5.84. The fourth-order valence-corrected chi connectivity index (χ4v) is 1.68. The highest BCUT2D eigenvalue weighted by molar-refractivity contribution is 6.30. The molecule has 0 saturated carbocycles. The molecule has 0 saturated heterocycles. The summed E-state index contributed by atoms with van der Waals surface area (Å²) in [6.45, 7) is 2.36. The minimum atomic E-state index is 0.320. The van der Waals surface area contributed by atoms with Crippen molar-refractivity contribution in [3.8, 4) is 11.3 Å². The Kier molecular flexibility index (Phi) is 3.27. The molecule has 2 rings (SSSR count). The molecule has 84 valence electrons. The number of benzene rings is 1. The summed E-state index contributed by atoms with van der Waals surface area (Å²) in [7, 11) is 0. The Morgan fingerprint density at radius 2 is 2.00 bits per heavy atom. The third kappa shape index (κ3) is 2.10. The van der Waals surface area contributed by atoms with Gasteiger partial charge in [0.1, 0.15) is 0 Å². The molecule has 0 atom stereocenters. The van der Waals surface area contributed by atoms with Crippen LogP contribution < -0.4 is 5.73 Å². The zero-order valence-electron chi connectivity index (χ0n) is 9.03. The lowest BCUT2D eigenvalue weighted by atomic mass is 10.1. The monoisotopic (exact) mass is 236 g/mol. The molecule has 2 aromatic rings. The highest BCUT2D eigenvalue weighted by Crippen LogP contribution is 2.26. The maximum Gasteiger partial charge on any atom is 0.208 e. The van der Waals surface area contributed by atoms with Gasteiger partial charge in [-0.05, 0) is 30.7 Å². The second-order valence-corrected chi connectivity index (χ2v) is 3.88. The Morgan fingerprint density at radius 3 is 2.56 bits per heavy atom. The van der Waals surface area contributed by atoms with Crippen molar-refractivity contribution in [3.63, 3.8) is 0 Å². The summed E-state index contributed by atoms with van der Waals surface area (Å²) in [5, 5.41) is 0.709. The van der Waals surface area contributed by atoms with E-state index in [1.165, 1.54) is 0 Å². The van der Waals surface area contributed by atoms with Crippen molar-refractivity contribution in [1.82, 2.24) is 4.98 Å². The molecule has 0 spiro atoms. The molecule has 1 aromatic heterocycles. The van der Waals surface area contributed by atoms with Crippen molar-refractivity contribution in [2.75, 3.05) is 0 Å². The highest BCUT2D eigenvalue weighted by atomic mass is 35.5. The Morgan fingerprint density at radius 1 is 1.31 bits per heavy atom. The number of hydrogen-bond acceptors (Lipinski definition) is 3. The molecule has 0 unspecified atom stereocenters. The molecule has 0 amide bonds. The first-order valence-electron chi connectivity index (χ1n) is 5.19. The van der Waals surface area contributed by atoms with E-state index in [1.807, 2.05) is 31.2 Å². The van der Waals surface area contributed by atoms with Gasteiger partial charge in [0.25, 0.3) is 0 Å². The lowest BCUT2D eigenvalue weighted by Crippen LogP contribution is -1.95. The number of nitrogens with two attached hydrogens (primary N) is 1. The largest absolute Gasteiger partial charge is 0.439 e. The Bertz CT molecular complexity index is 476. The summed E-state index contributed by atoms with van der Waals surface area (Å²) in [5.74, 6) is 1.36. The molecule has 0 aliphatic rings. The van der Waals surface area contributed by atoms with E-state index in [2.05, 4.69) is 4.98 Å². The smallest absolute Gasteiger partial charge is 0.208 e. The lowest BCUT2D eigenvalue weighted by Gasteiger charge is -1.98. The number of nitrogens with zero attached hydrogens (tertiary/aromatic N) is 1. The molecular weight excluding hydrogens is 224 g/mol. The number of aryl methyl sites for hydroxylation is 1. The topological polar surface area (TPSA) is 52.0 Å². The number of oxazole rings is 1. The summed E-state index contributed by atoms with van der Waals surface area (Å²) in [6, 6.07) is 7.51. The molecule has 0 aliphatic heterocycles. The fraction of sp³-hybridized carbons (Fsp3) is 0.250. The second kappa shape index (κ2) is 4.68. The predicted octanol–water partition coefficient (Wildman–Crippen LogP) is 3.02. The van der Waals surface area contributed by atoms with Gasteiger partial charge < -0.3 is 10.2 Å². The first-order valence-corrected chi connectivity index (χ1v) is 5.57. The average Bonchev–Trinajstić information content (AvgIpc) is 2.73. The molecular formula is C12H13ClN2O. The summed E-state index contributed by atoms with van der Waals surface area (Å²) in [6.07, 6.45) is 0.821. The van der Waals surface area contributed by atoms with E-state index < -0.39 is 0 Å². The zero-order chi connectivity index (χ0) is 11.5. The van der Waals surface area contributed by atoms with Crippen LogP contribution in [0.3, 0.4) is 0 Å². The van der Waals surface area contributed by atoms with E-state index in [0.717, 1.165) is 23.4 Å². The van der Waals surface area contributed by atoms with E-state index in [4.69, 9.17) is 21.8 Å². The first-order chi connectivity index (χ1) is 7.74. The van der Waals surface area contributed by atoms with Crippen LogP contribution in [0.5, 0.6) is 0 Å². The summed E-state index contributed by atoms with van der Waals surface area (Å²) < 4.78 is 5.60. The number of halogens is 1. The molecule has 16 heavy (non-hydrogen) atoms. The van der Waals surface area contributed by atoms with Crippen molar-refractivity contribution in [2.24, 2.45) is 5.73 Å². The standard InChI is InChI=1S/C12H13ClN2O/c1-2-10-12(16-11(7-14)15-10)8-3-5-9(13)6-4-8/h3-6H,2,7,14H2,1H3. The van der Waals surface area contributed by atoms with Gasteiger partial charge in [-0.1, -0.05) is 18.5 Å². The van der Waals surface area contributed by atoms with E-state index in [-0.39, 0.29) is 0 Å². The van der Waals surface area contributed by atoms with Crippen molar-refractivity contribution in [1.29, 1.82) is 0 Å². The van der Waals surface area contributed by atoms with Crippen molar-refractivity contribution >= 4 is 11.6 Å². The van der Waals surface area contributed by atoms with Gasteiger partial charge in [-0.2, -0.15) is 0 Å². The number of hydrogen-bond donors (Lipinski definition) is 1. The zero-order valence-corrected chi connectivity index (χ0v) is 9.79. The molecule has 1 heterocycles. The SMILES string of the molecule is CCc1nc(CN)oc1-c1ccc(Cl)cc1. The van der Waals surface area contributed by atoms with E-state index >= 15 is 0 Å². The van der Waals surface area contributed by atoms with E-state index in [1.54, 1.807) is 0 Å². The maximum atomic E-state index is 5.84. The van der Waals surface area contributed by atoms with Crippen LogP contribution in [0.25, 0.3) is 11.3 Å². The van der Waals surface area contributed by atoms with Crippen LogP contribution in [0.1, 0.15) is 18.5 Å². The van der Waals surface area contributed by atoms with Crippen LogP contribution in [-0.2, 0) is 13.0 Å². The molecule has 3 nitrogen and oxygen atoms in total. The molecule has 0 bridgehead atoms. The minimum Gasteiger partial charge on any atom is -0.439 e. The molecule has 0 fully saturated rings. The fourth-order valence-electron chi connectivity index (χ4n) is 1.55. The molecule has 4 heteroatoms. The highest BCUT2D eigenvalue weighted by Gasteiger charge is 2.12. The Labute approximate surface area is 99.2 Å². The van der Waals surface area contributed by atoms with Gasteiger partial charge in [-0.3, -0.25) is 0 Å². The molecule has 0 radical (unpaired) electrons. The summed E-state index contributed by atoms with van der Waals surface area (Å²) in [4.78, 5) is 4.32. The number of rotatable bonds is 3. The van der Waals surface area contributed by atoms with Crippen LogP contribution in [-0.4, -0.2) is 4.98 Å². The average molecular weight is 237 g/mol. The lowest BCUT2D eigenvalue weighted by molar-refractivity contribution is 0.509. The second-order valence-electron chi connectivity index (χ2n) is 3.45. The predicted molar refractivity (Wildman–Crippen MR) is 64.2 cm³/mol. The van der Waals surface area contributed by atoms with E-state index in [0.29, 0.717) is 17.5 Å². The molecule has 0 aliphatic carbocycles. The quantitative estimate of drug-likeness (QED) is 0.891. The Balaban J connectivity index is 2.45. The van der Waals surface area contributed by atoms with E-state index in [9.17, 15) is 0 Å². The van der Waals surface area contributed by atoms with Crippen LogP contribution in [0.15, 0.2) is 28.7 Å². The van der Waals surface area contributed by atoms with Crippen molar-refractivity contribution in [2.45, 2.75) is 19.9 Å². The molecule has 1 aromatic carbocycles. The van der Waals surface area contributed by atoms with Gasteiger partial charge in [0, 0.05) is 10.6 Å². The number of aromatic nitrogens is 1. The Hall–Kier alpha value is -1.32. The van der Waals surface area contributed by atoms with Crippen LogP contribution in [0.2, 0.25) is 5.02 Å². The normalized spacial score (nSPS) is 10.7. The third-order valence-corrected chi connectivity index (χ3v) is 2.61. The van der Waals surface area contributed by atoms with Gasteiger partial charge in [0.2, 0.25) is 5.89 Å². The van der Waals surface area contributed by atoms with Crippen LogP contribution >= 0.6 is 11.6 Å². The van der Waals surface area contributed by atoms with Gasteiger partial charge in [-0.15, -0.1) is 0 Å². The van der Waals surface area contributed by atoms with Gasteiger partial charge >= 0.3 is 0 Å². The first kappa shape index (κ1) is 11.2. The molecule has 2 N–H and O–H groups in total. The van der Waals surface area contributed by atoms with Crippen LogP contribution in [0.4, 0.5) is 0 Å². The van der Waals surface area contributed by atoms with Gasteiger partial charge in [0.05, 0.1) is 12.2 Å². The maximum absolute atomic E-state index is 5.84. The summed E-state index contributed by atoms with van der Waals surface area (Å²) in [5.41, 5.74) is 7.42. The third-order valence-electron chi connectivity index (χ3n) is 2.36. The van der Waals surface area contributed by atoms with Gasteiger partial charge in [0.15, 0.2) is 5.76 Å². The minimum absolute atomic E-state index is 0.320. The van der Waals surface area contributed by atoms with Crippen LogP contribution in [0, 0.1) is 0 Å². The van der Waals surface area contributed by atoms with Gasteiger partial charge in [-0.25, -0.2) is 4.98 Å².